The maximum atomic E-state index is 13.2. The van der Waals surface area contributed by atoms with Crippen LogP contribution < -0.4 is 5.11 Å². The zero-order valence-electron chi connectivity index (χ0n) is 26.0. The number of rotatable bonds is 10. The zero-order chi connectivity index (χ0) is 32.2. The summed E-state index contributed by atoms with van der Waals surface area (Å²) < 4.78 is 1.32. The van der Waals surface area contributed by atoms with Crippen LogP contribution in [0.25, 0.3) is 0 Å². The summed E-state index contributed by atoms with van der Waals surface area (Å²) in [5.74, 6) is -1.73. The van der Waals surface area contributed by atoms with Crippen LogP contribution in [0, 0.1) is 11.3 Å². The largest absolute Gasteiger partial charge is 0.549 e. The number of nitrogens with zero attached hydrogens (tertiary/aromatic N) is 3. The number of hydrogen-bond donors (Lipinski definition) is 1. The van der Waals surface area contributed by atoms with Crippen molar-refractivity contribution in [1.29, 1.82) is 0 Å². The summed E-state index contributed by atoms with van der Waals surface area (Å²) in [6, 6.07) is 37.8. The normalized spacial score (nSPS) is 22.4. The number of carboxylic acids is 1. The summed E-state index contributed by atoms with van der Waals surface area (Å²) in [4.78, 5) is 31.0. The Kier molecular flexibility index (Phi) is 7.07. The zero-order valence-corrected chi connectivity index (χ0v) is 26.0. The molecule has 46 heavy (non-hydrogen) atoms. The third-order valence-electron chi connectivity index (χ3n) is 10.0. The molecule has 1 aromatic heterocycles. The minimum Gasteiger partial charge on any atom is -0.549 e. The van der Waals surface area contributed by atoms with Crippen LogP contribution in [0.4, 0.5) is 0 Å². The van der Waals surface area contributed by atoms with Gasteiger partial charge in [0.1, 0.15) is 18.6 Å². The Bertz CT molecular complexity index is 1810. The number of imidazole rings is 1. The molecule has 1 amide bonds. The van der Waals surface area contributed by atoms with Crippen molar-refractivity contribution >= 4 is 11.9 Å². The van der Waals surface area contributed by atoms with Gasteiger partial charge in [-0.3, -0.25) is 0 Å². The fourth-order valence-corrected chi connectivity index (χ4v) is 7.98. The Labute approximate surface area is 269 Å². The highest BCUT2D eigenvalue weighted by Crippen LogP contribution is 2.58. The number of hydrogen-bond acceptors (Lipinski definition) is 5. The lowest BCUT2D eigenvalue weighted by Crippen LogP contribution is -2.50. The van der Waals surface area contributed by atoms with E-state index in [0.717, 1.165) is 22.3 Å². The Morgan fingerprint density at radius 1 is 0.891 bits per heavy atom. The minimum absolute atomic E-state index is 0.174. The average Bonchev–Trinajstić information content (AvgIpc) is 3.43. The van der Waals surface area contributed by atoms with Gasteiger partial charge in [-0.2, -0.15) is 0 Å². The number of carbonyl (C=O) groups is 2. The Hall–Kier alpha value is -4.85. The SMILES string of the molecule is CC(C)(C[C@H]1C[C@]1(C(=O)[O-])c1cn(C(c2ccccc2)(c2ccccc2)c2ccccc2)cn1)C[N+]1(O)Cc2ccccc2C1=O. The molecule has 0 radical (unpaired) electrons. The van der Waals surface area contributed by atoms with Crippen LogP contribution in [-0.4, -0.2) is 37.8 Å². The van der Waals surface area contributed by atoms with Crippen molar-refractivity contribution in [2.24, 2.45) is 11.3 Å². The van der Waals surface area contributed by atoms with Crippen molar-refractivity contribution in [3.8, 4) is 0 Å². The smallest absolute Gasteiger partial charge is 0.378 e. The van der Waals surface area contributed by atoms with Crippen LogP contribution in [0.1, 0.15) is 65.0 Å². The molecule has 1 N–H and O–H groups in total. The standard InChI is InChI=1S/C39H37N3O4/c1-37(2,26-42(46)25-28-14-12-13-21-33(28)35(42)43)22-32-23-38(32,36(44)45)34-24-41(27-40-34)39(29-15-6-3-7-16-29,30-17-8-4-9-18-30)31-19-10-5-11-20-31/h3-21,24,27,32,46H,22-23,25-26H2,1-2H3/t32-,38+,42?/m0/s1. The lowest BCUT2D eigenvalue weighted by molar-refractivity contribution is -1.05. The van der Waals surface area contributed by atoms with Gasteiger partial charge in [0.15, 0.2) is 0 Å². The number of aromatic nitrogens is 2. The van der Waals surface area contributed by atoms with Crippen LogP contribution in [0.3, 0.4) is 0 Å². The molecule has 0 saturated heterocycles. The number of carbonyl (C=O) groups excluding carboxylic acids is 2. The van der Waals surface area contributed by atoms with Gasteiger partial charge in [0, 0.05) is 17.2 Å². The van der Waals surface area contributed by atoms with Crippen LogP contribution in [0.15, 0.2) is 128 Å². The Balaban J connectivity index is 1.24. The predicted octanol–water partition coefficient (Wildman–Crippen LogP) is 5.71. The van der Waals surface area contributed by atoms with E-state index in [2.05, 4.69) is 36.4 Å². The lowest BCUT2D eigenvalue weighted by Gasteiger charge is -2.37. The van der Waals surface area contributed by atoms with Gasteiger partial charge in [-0.15, -0.1) is 4.65 Å². The van der Waals surface area contributed by atoms with Gasteiger partial charge in [-0.1, -0.05) is 123 Å². The first-order valence-electron chi connectivity index (χ1n) is 15.8. The maximum absolute atomic E-state index is 13.2. The van der Waals surface area contributed by atoms with Crippen LogP contribution in [0.5, 0.6) is 0 Å². The van der Waals surface area contributed by atoms with E-state index in [9.17, 15) is 19.9 Å². The third-order valence-corrected chi connectivity index (χ3v) is 10.0. The van der Waals surface area contributed by atoms with E-state index in [-0.39, 0.29) is 24.9 Å². The number of benzene rings is 4. The van der Waals surface area contributed by atoms with E-state index >= 15 is 0 Å². The van der Waals surface area contributed by atoms with Gasteiger partial charge < -0.3 is 14.5 Å². The van der Waals surface area contributed by atoms with E-state index in [0.29, 0.717) is 24.1 Å². The van der Waals surface area contributed by atoms with Gasteiger partial charge >= 0.3 is 5.91 Å². The summed E-state index contributed by atoms with van der Waals surface area (Å²) in [6.45, 7) is 4.36. The molecule has 1 unspecified atom stereocenters. The monoisotopic (exact) mass is 611 g/mol. The van der Waals surface area contributed by atoms with Crippen molar-refractivity contribution < 1.29 is 24.5 Å². The number of quaternary nitrogens is 1. The molecule has 7 heteroatoms. The molecular formula is C39H37N3O4. The first kappa shape index (κ1) is 29.8. The van der Waals surface area contributed by atoms with Gasteiger partial charge in [0.2, 0.25) is 0 Å². The average molecular weight is 612 g/mol. The van der Waals surface area contributed by atoms with E-state index in [1.165, 1.54) is 0 Å². The van der Waals surface area contributed by atoms with Crippen molar-refractivity contribution in [2.75, 3.05) is 6.54 Å². The first-order chi connectivity index (χ1) is 22.1. The minimum atomic E-state index is -1.27. The first-order valence-corrected chi connectivity index (χ1v) is 15.8. The molecule has 0 spiro atoms. The summed E-state index contributed by atoms with van der Waals surface area (Å²) in [5.41, 5.74) is 2.24. The van der Waals surface area contributed by atoms with Crippen molar-refractivity contribution in [3.63, 3.8) is 0 Å². The molecule has 232 valence electrons. The fraction of sp³-hybridized carbons (Fsp3) is 0.256. The highest BCUT2D eigenvalue weighted by atomic mass is 16.6. The second-order valence-electron chi connectivity index (χ2n) is 13.7. The lowest BCUT2D eigenvalue weighted by atomic mass is 9.76. The van der Waals surface area contributed by atoms with Crippen LogP contribution >= 0.6 is 0 Å². The second kappa shape index (κ2) is 10.9. The molecule has 1 saturated carbocycles. The van der Waals surface area contributed by atoms with Crippen molar-refractivity contribution in [1.82, 2.24) is 9.55 Å². The molecular weight excluding hydrogens is 574 g/mol. The molecule has 1 aliphatic heterocycles. The van der Waals surface area contributed by atoms with Gasteiger partial charge in [-0.05, 0) is 41.5 Å². The maximum Gasteiger partial charge on any atom is 0.378 e. The molecule has 3 atom stereocenters. The van der Waals surface area contributed by atoms with Gasteiger partial charge in [-0.25, -0.2) is 15.0 Å². The molecule has 5 aromatic rings. The summed E-state index contributed by atoms with van der Waals surface area (Å²) in [6.07, 6.45) is 4.47. The van der Waals surface area contributed by atoms with Crippen LogP contribution in [-0.2, 0) is 22.3 Å². The van der Waals surface area contributed by atoms with E-state index in [4.69, 9.17) is 4.98 Å². The summed E-state index contributed by atoms with van der Waals surface area (Å²) in [5, 5.41) is 24.5. The molecule has 1 aliphatic carbocycles. The molecule has 0 bridgehead atoms. The summed E-state index contributed by atoms with van der Waals surface area (Å²) in [7, 11) is 0. The van der Waals surface area contributed by atoms with Gasteiger partial charge in [0.05, 0.1) is 29.0 Å². The van der Waals surface area contributed by atoms with E-state index < -0.39 is 27.0 Å². The molecule has 2 aliphatic rings. The van der Waals surface area contributed by atoms with Gasteiger partial charge in [0.25, 0.3) is 0 Å². The number of fused-ring (bicyclic) bond motifs is 1. The molecule has 7 rings (SSSR count). The van der Waals surface area contributed by atoms with E-state index in [1.54, 1.807) is 18.5 Å². The number of aliphatic carboxylic acids is 1. The van der Waals surface area contributed by atoms with Crippen molar-refractivity contribution in [2.45, 2.75) is 44.2 Å². The molecule has 2 heterocycles. The second-order valence-corrected chi connectivity index (χ2v) is 13.7. The Morgan fingerprint density at radius 3 is 1.93 bits per heavy atom. The molecule has 7 nitrogen and oxygen atoms in total. The number of amides is 1. The highest BCUT2D eigenvalue weighted by molar-refractivity contribution is 5.92. The number of carboxylic acid groups (broad SMARTS) is 1. The molecule has 1 fully saturated rings. The fourth-order valence-electron chi connectivity index (χ4n) is 7.98. The topological polar surface area (TPSA) is 95.2 Å². The predicted molar refractivity (Wildman–Crippen MR) is 171 cm³/mol. The third kappa shape index (κ3) is 4.70. The van der Waals surface area contributed by atoms with E-state index in [1.807, 2.05) is 91.3 Å². The summed E-state index contributed by atoms with van der Waals surface area (Å²) >= 11 is 0. The highest BCUT2D eigenvalue weighted by Gasteiger charge is 2.61. The number of hydroxylamine groups is 3. The molecule has 4 aromatic carbocycles. The Morgan fingerprint density at radius 2 is 1.41 bits per heavy atom. The quantitative estimate of drug-likeness (QED) is 0.124. The van der Waals surface area contributed by atoms with Crippen molar-refractivity contribution in [3.05, 3.63) is 161 Å². The van der Waals surface area contributed by atoms with Crippen LogP contribution in [0.2, 0.25) is 0 Å².